The lowest BCUT2D eigenvalue weighted by molar-refractivity contribution is 0.417. The summed E-state index contributed by atoms with van der Waals surface area (Å²) in [6.07, 6.45) is 1.02. The Morgan fingerprint density at radius 3 is 2.13 bits per heavy atom. The van der Waals surface area contributed by atoms with Crippen molar-refractivity contribution in [3.8, 4) is 0 Å². The van der Waals surface area contributed by atoms with E-state index in [0.29, 0.717) is 16.7 Å². The molecule has 1 N–H and O–H groups in total. The molecular formula is C12H18O2S. The van der Waals surface area contributed by atoms with Gasteiger partial charge in [0, 0.05) is 0 Å². The molecule has 0 radical (unpaired) electrons. The zero-order chi connectivity index (χ0) is 11.4. The van der Waals surface area contributed by atoms with Gasteiger partial charge in [0.1, 0.15) is 0 Å². The lowest BCUT2D eigenvalue weighted by Crippen LogP contribution is -2.07. The third kappa shape index (κ3) is 3.76. The standard InChI is InChI=1S/C12H18O2S/c1-9(2)10(3)8-11-4-6-12(7-5-11)15(13)14/h4-7,9-10H,8H2,1-3H3,(H,13,14). The van der Waals surface area contributed by atoms with Crippen molar-refractivity contribution in [2.24, 2.45) is 11.8 Å². The fourth-order valence-corrected chi connectivity index (χ4v) is 1.72. The van der Waals surface area contributed by atoms with Gasteiger partial charge in [0.25, 0.3) is 0 Å². The summed E-state index contributed by atoms with van der Waals surface area (Å²) < 4.78 is 19.6. The highest BCUT2D eigenvalue weighted by Gasteiger charge is 2.08. The normalized spacial score (nSPS) is 15.3. The SMILES string of the molecule is CC(C)C(C)Cc1ccc(S(=O)O)cc1. The van der Waals surface area contributed by atoms with E-state index >= 15 is 0 Å². The third-order valence-corrected chi connectivity index (χ3v) is 3.50. The van der Waals surface area contributed by atoms with E-state index in [-0.39, 0.29) is 0 Å². The first-order valence-corrected chi connectivity index (χ1v) is 6.31. The van der Waals surface area contributed by atoms with Gasteiger partial charge >= 0.3 is 0 Å². The van der Waals surface area contributed by atoms with Crippen LogP contribution in [-0.4, -0.2) is 8.76 Å². The molecule has 2 nitrogen and oxygen atoms in total. The van der Waals surface area contributed by atoms with E-state index in [4.69, 9.17) is 4.55 Å². The second-order valence-corrected chi connectivity index (χ2v) is 5.29. The van der Waals surface area contributed by atoms with Gasteiger partial charge in [-0.15, -0.1) is 0 Å². The number of hydrogen-bond donors (Lipinski definition) is 1. The minimum Gasteiger partial charge on any atom is -0.302 e. The van der Waals surface area contributed by atoms with Crippen LogP contribution in [0.4, 0.5) is 0 Å². The molecule has 0 heterocycles. The molecule has 0 aliphatic rings. The van der Waals surface area contributed by atoms with Crippen molar-refractivity contribution in [3.05, 3.63) is 29.8 Å². The average molecular weight is 226 g/mol. The van der Waals surface area contributed by atoms with Crippen LogP contribution in [0.3, 0.4) is 0 Å². The second kappa shape index (κ2) is 5.42. The summed E-state index contributed by atoms with van der Waals surface area (Å²) in [6, 6.07) is 7.31. The Hall–Kier alpha value is -0.670. The first-order chi connectivity index (χ1) is 7.00. The molecule has 0 aliphatic heterocycles. The Labute approximate surface area is 94.0 Å². The van der Waals surface area contributed by atoms with Gasteiger partial charge in [-0.2, -0.15) is 0 Å². The molecule has 0 bridgehead atoms. The van der Waals surface area contributed by atoms with Gasteiger partial charge in [-0.25, -0.2) is 4.21 Å². The van der Waals surface area contributed by atoms with Gasteiger partial charge in [0.2, 0.25) is 0 Å². The van der Waals surface area contributed by atoms with Crippen LogP contribution in [0.2, 0.25) is 0 Å². The monoisotopic (exact) mass is 226 g/mol. The lowest BCUT2D eigenvalue weighted by Gasteiger charge is -2.15. The summed E-state index contributed by atoms with van der Waals surface area (Å²) in [6.45, 7) is 6.65. The summed E-state index contributed by atoms with van der Waals surface area (Å²) in [5, 5.41) is 0. The predicted molar refractivity (Wildman–Crippen MR) is 63.2 cm³/mol. The Balaban J connectivity index is 2.68. The van der Waals surface area contributed by atoms with E-state index in [0.717, 1.165) is 6.42 Å². The first kappa shape index (κ1) is 12.4. The quantitative estimate of drug-likeness (QED) is 0.801. The van der Waals surface area contributed by atoms with Gasteiger partial charge in [-0.05, 0) is 36.0 Å². The molecule has 0 saturated carbocycles. The molecule has 1 aromatic carbocycles. The molecule has 0 spiro atoms. The fraction of sp³-hybridized carbons (Fsp3) is 0.500. The summed E-state index contributed by atoms with van der Waals surface area (Å²) in [4.78, 5) is 0.468. The van der Waals surface area contributed by atoms with Crippen LogP contribution in [0.1, 0.15) is 26.3 Å². The van der Waals surface area contributed by atoms with Crippen molar-refractivity contribution in [1.29, 1.82) is 0 Å². The predicted octanol–water partition coefficient (Wildman–Crippen LogP) is 3.10. The molecule has 3 heteroatoms. The van der Waals surface area contributed by atoms with Crippen LogP contribution in [0, 0.1) is 11.8 Å². The fourth-order valence-electron chi connectivity index (χ4n) is 1.35. The third-order valence-electron chi connectivity index (χ3n) is 2.82. The van der Waals surface area contributed by atoms with Crippen molar-refractivity contribution in [2.45, 2.75) is 32.1 Å². The van der Waals surface area contributed by atoms with Crippen LogP contribution in [0.5, 0.6) is 0 Å². The molecule has 2 unspecified atom stereocenters. The first-order valence-electron chi connectivity index (χ1n) is 5.20. The highest BCUT2D eigenvalue weighted by Crippen LogP contribution is 2.17. The van der Waals surface area contributed by atoms with Gasteiger partial charge in [0.05, 0.1) is 4.90 Å². The zero-order valence-corrected chi connectivity index (χ0v) is 10.3. The molecule has 15 heavy (non-hydrogen) atoms. The maximum atomic E-state index is 10.8. The van der Waals surface area contributed by atoms with Crippen LogP contribution in [0.25, 0.3) is 0 Å². The van der Waals surface area contributed by atoms with Gasteiger partial charge in [-0.1, -0.05) is 32.9 Å². The Morgan fingerprint density at radius 2 is 1.73 bits per heavy atom. The van der Waals surface area contributed by atoms with E-state index in [1.807, 2.05) is 12.1 Å². The number of rotatable bonds is 4. The van der Waals surface area contributed by atoms with Crippen molar-refractivity contribution < 1.29 is 8.76 Å². The minimum atomic E-state index is -1.86. The number of benzene rings is 1. The lowest BCUT2D eigenvalue weighted by atomic mass is 9.91. The molecule has 0 saturated heterocycles. The van der Waals surface area contributed by atoms with E-state index in [9.17, 15) is 4.21 Å². The van der Waals surface area contributed by atoms with Gasteiger partial charge in [-0.3, -0.25) is 0 Å². The van der Waals surface area contributed by atoms with Crippen molar-refractivity contribution in [2.75, 3.05) is 0 Å². The highest BCUT2D eigenvalue weighted by molar-refractivity contribution is 7.79. The Morgan fingerprint density at radius 1 is 1.20 bits per heavy atom. The molecule has 1 rings (SSSR count). The minimum absolute atomic E-state index is 0.468. The number of hydrogen-bond acceptors (Lipinski definition) is 1. The van der Waals surface area contributed by atoms with Gasteiger partial charge in [0.15, 0.2) is 11.1 Å². The average Bonchev–Trinajstić information content (AvgIpc) is 2.18. The zero-order valence-electron chi connectivity index (χ0n) is 9.43. The molecule has 0 fully saturated rings. The smallest absolute Gasteiger partial charge is 0.186 e. The van der Waals surface area contributed by atoms with E-state index in [1.165, 1.54) is 5.56 Å². The van der Waals surface area contributed by atoms with Crippen LogP contribution in [0.15, 0.2) is 29.2 Å². The van der Waals surface area contributed by atoms with Crippen LogP contribution in [-0.2, 0) is 17.5 Å². The maximum absolute atomic E-state index is 10.8. The summed E-state index contributed by atoms with van der Waals surface area (Å²) in [5.41, 5.74) is 1.23. The van der Waals surface area contributed by atoms with Crippen LogP contribution >= 0.6 is 0 Å². The highest BCUT2D eigenvalue weighted by atomic mass is 32.2. The molecule has 84 valence electrons. The summed E-state index contributed by atoms with van der Waals surface area (Å²) in [5.74, 6) is 1.30. The Bertz CT molecular complexity index is 330. The van der Waals surface area contributed by atoms with Gasteiger partial charge < -0.3 is 4.55 Å². The topological polar surface area (TPSA) is 37.3 Å². The van der Waals surface area contributed by atoms with E-state index in [1.54, 1.807) is 12.1 Å². The molecule has 0 aliphatic carbocycles. The molecule has 0 aromatic heterocycles. The molecular weight excluding hydrogens is 208 g/mol. The molecule has 1 aromatic rings. The largest absolute Gasteiger partial charge is 0.302 e. The Kier molecular flexibility index (Phi) is 4.48. The molecule has 2 atom stereocenters. The van der Waals surface area contributed by atoms with Crippen LogP contribution < -0.4 is 0 Å². The van der Waals surface area contributed by atoms with E-state index < -0.39 is 11.1 Å². The van der Waals surface area contributed by atoms with Crippen molar-refractivity contribution in [1.82, 2.24) is 0 Å². The molecule has 0 amide bonds. The summed E-state index contributed by atoms with van der Waals surface area (Å²) >= 11 is -1.86. The second-order valence-electron chi connectivity index (χ2n) is 4.32. The van der Waals surface area contributed by atoms with E-state index in [2.05, 4.69) is 20.8 Å². The summed E-state index contributed by atoms with van der Waals surface area (Å²) in [7, 11) is 0. The van der Waals surface area contributed by atoms with Crippen molar-refractivity contribution >= 4 is 11.1 Å². The van der Waals surface area contributed by atoms with Crippen molar-refractivity contribution in [3.63, 3.8) is 0 Å². The maximum Gasteiger partial charge on any atom is 0.186 e.